The van der Waals surface area contributed by atoms with E-state index < -0.39 is 30.3 Å². The molecule has 0 saturated heterocycles. The number of benzene rings is 2. The lowest BCUT2D eigenvalue weighted by Crippen LogP contribution is -2.38. The summed E-state index contributed by atoms with van der Waals surface area (Å²) in [4.78, 5) is 29.7. The zero-order chi connectivity index (χ0) is 26.5. The lowest BCUT2D eigenvalue weighted by Gasteiger charge is -2.18. The van der Waals surface area contributed by atoms with Gasteiger partial charge in [-0.3, -0.25) is 14.6 Å². The van der Waals surface area contributed by atoms with E-state index in [9.17, 15) is 27.2 Å². The molecule has 1 atom stereocenters. The number of alkyl halides is 4. The molecule has 0 spiro atoms. The van der Waals surface area contributed by atoms with Gasteiger partial charge in [-0.2, -0.15) is 8.78 Å². The van der Waals surface area contributed by atoms with Gasteiger partial charge >= 0.3 is 6.61 Å². The van der Waals surface area contributed by atoms with Crippen LogP contribution in [0.15, 0.2) is 67.0 Å². The quantitative estimate of drug-likeness (QED) is 0.199. The molecule has 188 valence electrons. The van der Waals surface area contributed by atoms with Crippen LogP contribution in [-0.2, 0) is 15.5 Å². The zero-order valence-electron chi connectivity index (χ0n) is 19.2. The Morgan fingerprint density at radius 1 is 1.00 bits per heavy atom. The van der Waals surface area contributed by atoms with Gasteiger partial charge in [0.2, 0.25) is 11.8 Å². The molecule has 36 heavy (non-hydrogen) atoms. The third-order valence-electron chi connectivity index (χ3n) is 5.03. The van der Waals surface area contributed by atoms with Crippen molar-refractivity contribution in [2.24, 2.45) is 5.92 Å². The normalized spacial score (nSPS) is 12.1. The predicted octanol–water partition coefficient (Wildman–Crippen LogP) is 5.69. The smallest absolute Gasteiger partial charge is 0.387 e. The standard InChI is InChI=1S/C25H22F4N4O3/c1-14(30)21(22(34)32-17-7-3-6-16(11-17)25(2,28)29)23(35)33-18-8-9-20(36-24(26)27)19(12-18)15-5-4-10-31-13-15/h3-13,21,24,30H,1-2H3,(H,32,34)(H,33,35). The SMILES string of the molecule is CC(=N)C(C(=O)Nc1cccc(C(C)(F)F)c1)C(=O)Nc1ccc(OC(F)F)c(-c2cccnc2)c1. The number of anilines is 2. The van der Waals surface area contributed by atoms with Crippen molar-refractivity contribution < 1.29 is 31.9 Å². The van der Waals surface area contributed by atoms with Gasteiger partial charge in [-0.05, 0) is 43.3 Å². The highest BCUT2D eigenvalue weighted by Crippen LogP contribution is 2.34. The first-order valence-electron chi connectivity index (χ1n) is 10.6. The van der Waals surface area contributed by atoms with Crippen LogP contribution in [0, 0.1) is 11.3 Å². The van der Waals surface area contributed by atoms with Gasteiger partial charge in [0, 0.05) is 53.1 Å². The van der Waals surface area contributed by atoms with E-state index in [1.165, 1.54) is 55.7 Å². The average molecular weight is 502 g/mol. The summed E-state index contributed by atoms with van der Waals surface area (Å²) in [7, 11) is 0. The van der Waals surface area contributed by atoms with Crippen LogP contribution in [-0.4, -0.2) is 29.1 Å². The van der Waals surface area contributed by atoms with Gasteiger partial charge in [0.05, 0.1) is 0 Å². The monoisotopic (exact) mass is 502 g/mol. The number of pyridine rings is 1. The Morgan fingerprint density at radius 3 is 2.22 bits per heavy atom. The maximum absolute atomic E-state index is 13.6. The first-order chi connectivity index (χ1) is 17.0. The predicted molar refractivity (Wildman–Crippen MR) is 126 cm³/mol. The number of rotatable bonds is 9. The van der Waals surface area contributed by atoms with Gasteiger partial charge < -0.3 is 20.8 Å². The summed E-state index contributed by atoms with van der Waals surface area (Å²) < 4.78 is 57.5. The number of carbonyl (C=O) groups excluding carboxylic acids is 2. The minimum atomic E-state index is -3.14. The minimum Gasteiger partial charge on any atom is -0.434 e. The van der Waals surface area contributed by atoms with E-state index >= 15 is 0 Å². The van der Waals surface area contributed by atoms with Gasteiger partial charge in [0.25, 0.3) is 5.92 Å². The molecule has 0 radical (unpaired) electrons. The summed E-state index contributed by atoms with van der Waals surface area (Å²) in [6.45, 7) is -1.12. The van der Waals surface area contributed by atoms with Crippen molar-refractivity contribution in [3.8, 4) is 16.9 Å². The third-order valence-corrected chi connectivity index (χ3v) is 5.03. The first kappa shape index (κ1) is 26.3. The zero-order valence-corrected chi connectivity index (χ0v) is 19.2. The Kier molecular flexibility index (Phi) is 8.03. The van der Waals surface area contributed by atoms with Crippen LogP contribution in [0.1, 0.15) is 19.4 Å². The molecule has 7 nitrogen and oxygen atoms in total. The lowest BCUT2D eigenvalue weighted by molar-refractivity contribution is -0.126. The third kappa shape index (κ3) is 6.65. The second-order valence-corrected chi connectivity index (χ2v) is 7.89. The van der Waals surface area contributed by atoms with E-state index in [1.54, 1.807) is 12.1 Å². The number of carbonyl (C=O) groups is 2. The summed E-state index contributed by atoms with van der Waals surface area (Å²) in [5, 5.41) is 12.8. The van der Waals surface area contributed by atoms with E-state index in [2.05, 4.69) is 20.4 Å². The largest absolute Gasteiger partial charge is 0.434 e. The van der Waals surface area contributed by atoms with E-state index in [-0.39, 0.29) is 34.0 Å². The highest BCUT2D eigenvalue weighted by atomic mass is 19.3. The van der Waals surface area contributed by atoms with Crippen molar-refractivity contribution in [3.05, 3.63) is 72.6 Å². The van der Waals surface area contributed by atoms with Gasteiger partial charge in [0.1, 0.15) is 5.75 Å². The summed E-state index contributed by atoms with van der Waals surface area (Å²) in [6.07, 6.45) is 2.92. The van der Waals surface area contributed by atoms with E-state index in [1.807, 2.05) is 0 Å². The Hall–Kier alpha value is -4.28. The molecule has 3 aromatic rings. The van der Waals surface area contributed by atoms with Crippen molar-refractivity contribution in [3.63, 3.8) is 0 Å². The number of amides is 2. The van der Waals surface area contributed by atoms with Crippen LogP contribution < -0.4 is 15.4 Å². The van der Waals surface area contributed by atoms with Crippen molar-refractivity contribution in [2.75, 3.05) is 10.6 Å². The molecule has 1 unspecified atom stereocenters. The molecular formula is C25H22F4N4O3. The Labute approximate surface area is 204 Å². The molecule has 0 fully saturated rings. The summed E-state index contributed by atoms with van der Waals surface area (Å²) in [6, 6.07) is 12.1. The van der Waals surface area contributed by atoms with Gasteiger partial charge in [-0.25, -0.2) is 8.78 Å². The maximum Gasteiger partial charge on any atom is 0.387 e. The number of nitrogens with zero attached hydrogens (tertiary/aromatic N) is 1. The van der Waals surface area contributed by atoms with E-state index in [0.717, 1.165) is 6.07 Å². The Bertz CT molecular complexity index is 1260. The van der Waals surface area contributed by atoms with Gasteiger partial charge in [0.15, 0.2) is 5.92 Å². The number of aromatic nitrogens is 1. The topological polar surface area (TPSA) is 104 Å². The number of ether oxygens (including phenoxy) is 1. The summed E-state index contributed by atoms with van der Waals surface area (Å²) in [5.74, 6) is -6.66. The highest BCUT2D eigenvalue weighted by Gasteiger charge is 2.30. The van der Waals surface area contributed by atoms with E-state index in [4.69, 9.17) is 5.41 Å². The summed E-state index contributed by atoms with van der Waals surface area (Å²) >= 11 is 0. The van der Waals surface area contributed by atoms with Crippen LogP contribution in [0.5, 0.6) is 5.75 Å². The van der Waals surface area contributed by atoms with Crippen molar-refractivity contribution in [2.45, 2.75) is 26.4 Å². The molecule has 2 aromatic carbocycles. The molecule has 0 bridgehead atoms. The maximum atomic E-state index is 13.6. The van der Waals surface area contributed by atoms with E-state index in [0.29, 0.717) is 12.5 Å². The molecule has 11 heteroatoms. The molecule has 1 heterocycles. The fourth-order valence-corrected chi connectivity index (χ4v) is 3.37. The number of hydrogen-bond donors (Lipinski definition) is 3. The molecule has 0 aliphatic carbocycles. The highest BCUT2D eigenvalue weighted by molar-refractivity contribution is 6.24. The van der Waals surface area contributed by atoms with Crippen LogP contribution in [0.4, 0.5) is 28.9 Å². The molecule has 0 saturated carbocycles. The van der Waals surface area contributed by atoms with Crippen LogP contribution in [0.2, 0.25) is 0 Å². The Balaban J connectivity index is 1.84. The fraction of sp³-hybridized carbons (Fsp3) is 0.200. The first-order valence-corrected chi connectivity index (χ1v) is 10.6. The van der Waals surface area contributed by atoms with Crippen LogP contribution >= 0.6 is 0 Å². The minimum absolute atomic E-state index is 0.0328. The molecule has 1 aromatic heterocycles. The lowest BCUT2D eigenvalue weighted by atomic mass is 10.0. The van der Waals surface area contributed by atoms with Crippen LogP contribution in [0.3, 0.4) is 0 Å². The van der Waals surface area contributed by atoms with Crippen LogP contribution in [0.25, 0.3) is 11.1 Å². The average Bonchev–Trinajstić information content (AvgIpc) is 2.79. The molecular weight excluding hydrogens is 480 g/mol. The van der Waals surface area contributed by atoms with Crippen molar-refractivity contribution in [1.82, 2.24) is 4.98 Å². The van der Waals surface area contributed by atoms with Crippen molar-refractivity contribution >= 4 is 28.9 Å². The molecule has 3 rings (SSSR count). The Morgan fingerprint density at radius 2 is 1.67 bits per heavy atom. The fourth-order valence-electron chi connectivity index (χ4n) is 3.37. The summed E-state index contributed by atoms with van der Waals surface area (Å²) in [5.41, 5.74) is 0.201. The molecule has 0 aliphatic heterocycles. The molecule has 0 aliphatic rings. The second kappa shape index (κ2) is 11.0. The molecule has 2 amide bonds. The molecule has 3 N–H and O–H groups in total. The van der Waals surface area contributed by atoms with Crippen molar-refractivity contribution in [1.29, 1.82) is 5.41 Å². The number of nitrogens with one attached hydrogen (secondary N) is 3. The number of halogens is 4. The van der Waals surface area contributed by atoms with Gasteiger partial charge in [-0.1, -0.05) is 18.2 Å². The van der Waals surface area contributed by atoms with Gasteiger partial charge in [-0.15, -0.1) is 0 Å². The second-order valence-electron chi connectivity index (χ2n) is 7.89. The number of hydrogen-bond acceptors (Lipinski definition) is 5.